The van der Waals surface area contributed by atoms with Gasteiger partial charge in [0.2, 0.25) is 5.91 Å². The maximum Gasteiger partial charge on any atom is 0.244 e. The average Bonchev–Trinajstić information content (AvgIpc) is 2.89. The molecular formula is C11H10ClN5O. The third-order valence-corrected chi connectivity index (χ3v) is 2.36. The van der Waals surface area contributed by atoms with Crippen molar-refractivity contribution in [2.75, 3.05) is 0 Å². The highest BCUT2D eigenvalue weighted by atomic mass is 35.5. The average molecular weight is 264 g/mol. The lowest BCUT2D eigenvalue weighted by Crippen LogP contribution is -2.20. The third kappa shape index (κ3) is 3.67. The van der Waals surface area contributed by atoms with E-state index in [1.165, 1.54) is 6.08 Å². The van der Waals surface area contributed by atoms with Crippen LogP contribution in [0.25, 0.3) is 6.08 Å². The number of hydrogen-bond acceptors (Lipinski definition) is 4. The number of aromatic nitrogens is 4. The van der Waals surface area contributed by atoms with Gasteiger partial charge >= 0.3 is 0 Å². The Morgan fingerprint density at radius 1 is 1.39 bits per heavy atom. The van der Waals surface area contributed by atoms with Crippen LogP contribution in [0.2, 0.25) is 5.02 Å². The van der Waals surface area contributed by atoms with Crippen molar-refractivity contribution in [1.29, 1.82) is 0 Å². The summed E-state index contributed by atoms with van der Waals surface area (Å²) in [5.74, 6) is 0.206. The van der Waals surface area contributed by atoms with Crippen LogP contribution in [0.5, 0.6) is 0 Å². The molecule has 0 saturated heterocycles. The van der Waals surface area contributed by atoms with Crippen LogP contribution in [0, 0.1) is 0 Å². The number of halogens is 1. The quantitative estimate of drug-likeness (QED) is 0.812. The van der Waals surface area contributed by atoms with E-state index in [1.54, 1.807) is 18.2 Å². The Labute approximate surface area is 108 Å². The molecule has 2 aromatic rings. The molecule has 0 unspecified atom stereocenters. The molecule has 1 heterocycles. The number of H-pyrrole nitrogens is 1. The van der Waals surface area contributed by atoms with Crippen LogP contribution in [0.4, 0.5) is 0 Å². The molecule has 1 aromatic carbocycles. The van der Waals surface area contributed by atoms with Crippen LogP contribution < -0.4 is 5.32 Å². The Morgan fingerprint density at radius 3 is 2.83 bits per heavy atom. The van der Waals surface area contributed by atoms with Crippen LogP contribution in [0.15, 0.2) is 30.3 Å². The normalized spacial score (nSPS) is 10.7. The van der Waals surface area contributed by atoms with Crippen molar-refractivity contribution in [3.8, 4) is 0 Å². The van der Waals surface area contributed by atoms with Crippen molar-refractivity contribution in [3.63, 3.8) is 0 Å². The highest BCUT2D eigenvalue weighted by Gasteiger charge is 1.99. The Morgan fingerprint density at radius 2 is 2.17 bits per heavy atom. The number of aromatic amines is 1. The van der Waals surface area contributed by atoms with Crippen LogP contribution >= 0.6 is 11.6 Å². The minimum absolute atomic E-state index is 0.227. The predicted molar refractivity (Wildman–Crippen MR) is 66.5 cm³/mol. The number of carbonyl (C=O) groups excluding carboxylic acids is 1. The zero-order chi connectivity index (χ0) is 12.8. The zero-order valence-corrected chi connectivity index (χ0v) is 10.1. The predicted octanol–water partition coefficient (Wildman–Crippen LogP) is 1.18. The van der Waals surface area contributed by atoms with Crippen molar-refractivity contribution in [2.24, 2.45) is 0 Å². The molecule has 0 saturated carbocycles. The van der Waals surface area contributed by atoms with Gasteiger partial charge in [-0.15, -0.1) is 10.2 Å². The Kier molecular flexibility index (Phi) is 4.03. The van der Waals surface area contributed by atoms with Crippen LogP contribution in [-0.4, -0.2) is 26.5 Å². The summed E-state index contributed by atoms with van der Waals surface area (Å²) in [5.41, 5.74) is 0.897. The van der Waals surface area contributed by atoms with E-state index in [2.05, 4.69) is 25.9 Å². The van der Waals surface area contributed by atoms with E-state index in [0.29, 0.717) is 10.8 Å². The number of nitrogens with zero attached hydrogens (tertiary/aromatic N) is 3. The molecule has 0 aliphatic carbocycles. The van der Waals surface area contributed by atoms with Gasteiger partial charge in [0.1, 0.15) is 0 Å². The first kappa shape index (κ1) is 12.3. The molecule has 0 spiro atoms. The van der Waals surface area contributed by atoms with Gasteiger partial charge in [-0.3, -0.25) is 4.79 Å². The third-order valence-electron chi connectivity index (χ3n) is 2.11. The van der Waals surface area contributed by atoms with Gasteiger partial charge in [-0.2, -0.15) is 5.21 Å². The molecule has 7 heteroatoms. The minimum atomic E-state index is -0.227. The van der Waals surface area contributed by atoms with Gasteiger partial charge in [0.05, 0.1) is 6.54 Å². The molecule has 1 amide bonds. The van der Waals surface area contributed by atoms with E-state index in [-0.39, 0.29) is 12.5 Å². The topological polar surface area (TPSA) is 83.6 Å². The van der Waals surface area contributed by atoms with Gasteiger partial charge in [-0.25, -0.2) is 0 Å². The molecule has 0 radical (unpaired) electrons. The fourth-order valence-electron chi connectivity index (χ4n) is 1.23. The molecule has 0 aliphatic heterocycles. The highest BCUT2D eigenvalue weighted by molar-refractivity contribution is 6.30. The summed E-state index contributed by atoms with van der Waals surface area (Å²) in [5, 5.41) is 16.4. The standard InChI is InChI=1S/C11H10ClN5O/c12-9-4-1-8(2-5-9)3-6-11(18)13-7-10-14-16-17-15-10/h1-6H,7H2,(H,13,18)(H,14,15,16,17). The molecular weight excluding hydrogens is 254 g/mol. The van der Waals surface area contributed by atoms with Crippen LogP contribution in [0.1, 0.15) is 11.4 Å². The Balaban J connectivity index is 1.85. The summed E-state index contributed by atoms with van der Waals surface area (Å²) in [7, 11) is 0. The summed E-state index contributed by atoms with van der Waals surface area (Å²) in [6.45, 7) is 0.236. The summed E-state index contributed by atoms with van der Waals surface area (Å²) >= 11 is 5.76. The maximum absolute atomic E-state index is 11.5. The number of rotatable bonds is 4. The van der Waals surface area contributed by atoms with Gasteiger partial charge in [0.25, 0.3) is 0 Å². The van der Waals surface area contributed by atoms with Crippen molar-refractivity contribution in [2.45, 2.75) is 6.54 Å². The van der Waals surface area contributed by atoms with Crippen LogP contribution in [0.3, 0.4) is 0 Å². The van der Waals surface area contributed by atoms with E-state index in [9.17, 15) is 4.79 Å². The number of tetrazole rings is 1. The monoisotopic (exact) mass is 263 g/mol. The first-order chi connectivity index (χ1) is 8.74. The number of carbonyl (C=O) groups is 1. The van der Waals surface area contributed by atoms with Crippen molar-refractivity contribution in [1.82, 2.24) is 25.9 Å². The van der Waals surface area contributed by atoms with E-state index in [0.717, 1.165) is 5.56 Å². The molecule has 0 aliphatic rings. The fraction of sp³-hybridized carbons (Fsp3) is 0.0909. The van der Waals surface area contributed by atoms with E-state index < -0.39 is 0 Å². The van der Waals surface area contributed by atoms with Gasteiger partial charge in [0, 0.05) is 11.1 Å². The molecule has 2 rings (SSSR count). The second-order valence-electron chi connectivity index (χ2n) is 3.43. The lowest BCUT2D eigenvalue weighted by Gasteiger charge is -1.97. The fourth-order valence-corrected chi connectivity index (χ4v) is 1.35. The molecule has 18 heavy (non-hydrogen) atoms. The molecule has 6 nitrogen and oxygen atoms in total. The molecule has 0 fully saturated rings. The van der Waals surface area contributed by atoms with Crippen molar-refractivity contribution >= 4 is 23.6 Å². The van der Waals surface area contributed by atoms with Gasteiger partial charge < -0.3 is 5.32 Å². The van der Waals surface area contributed by atoms with Gasteiger partial charge in [0.15, 0.2) is 5.82 Å². The van der Waals surface area contributed by atoms with Crippen LogP contribution in [-0.2, 0) is 11.3 Å². The Bertz CT molecular complexity index is 535. The Hall–Kier alpha value is -2.21. The molecule has 2 N–H and O–H groups in total. The second kappa shape index (κ2) is 5.92. The smallest absolute Gasteiger partial charge is 0.244 e. The molecule has 92 valence electrons. The summed E-state index contributed by atoms with van der Waals surface area (Å²) < 4.78 is 0. The largest absolute Gasteiger partial charge is 0.345 e. The zero-order valence-electron chi connectivity index (χ0n) is 9.30. The maximum atomic E-state index is 11.5. The van der Waals surface area contributed by atoms with Gasteiger partial charge in [-0.1, -0.05) is 28.9 Å². The van der Waals surface area contributed by atoms with Gasteiger partial charge in [-0.05, 0) is 23.8 Å². The van der Waals surface area contributed by atoms with Crippen molar-refractivity contribution < 1.29 is 4.79 Å². The van der Waals surface area contributed by atoms with E-state index in [1.807, 2.05) is 12.1 Å². The lowest BCUT2D eigenvalue weighted by atomic mass is 10.2. The second-order valence-corrected chi connectivity index (χ2v) is 3.87. The summed E-state index contributed by atoms with van der Waals surface area (Å²) in [6.07, 6.45) is 3.13. The summed E-state index contributed by atoms with van der Waals surface area (Å²) in [4.78, 5) is 11.5. The molecule has 0 bridgehead atoms. The van der Waals surface area contributed by atoms with Crippen molar-refractivity contribution in [3.05, 3.63) is 46.8 Å². The SMILES string of the molecule is O=C(C=Cc1ccc(Cl)cc1)NCc1nn[nH]n1. The number of benzene rings is 1. The number of amides is 1. The first-order valence-corrected chi connectivity index (χ1v) is 5.55. The van der Waals surface area contributed by atoms with E-state index in [4.69, 9.17) is 11.6 Å². The minimum Gasteiger partial charge on any atom is -0.345 e. The van der Waals surface area contributed by atoms with E-state index >= 15 is 0 Å². The molecule has 1 aromatic heterocycles. The first-order valence-electron chi connectivity index (χ1n) is 5.18. The molecule has 0 atom stereocenters. The number of hydrogen-bond donors (Lipinski definition) is 2. The highest BCUT2D eigenvalue weighted by Crippen LogP contribution is 2.10. The summed E-state index contributed by atoms with van der Waals surface area (Å²) in [6, 6.07) is 7.17. The number of nitrogens with one attached hydrogen (secondary N) is 2. The lowest BCUT2D eigenvalue weighted by molar-refractivity contribution is -0.116.